The molecule has 7 heteroatoms. The Morgan fingerprint density at radius 1 is 1.41 bits per heavy atom. The van der Waals surface area contributed by atoms with E-state index in [0.29, 0.717) is 13.0 Å². The van der Waals surface area contributed by atoms with Crippen LogP contribution in [0.15, 0.2) is 4.47 Å². The normalized spacial score (nSPS) is 22.8. The Bertz CT molecular complexity index is 568. The summed E-state index contributed by atoms with van der Waals surface area (Å²) in [6.45, 7) is 9.72. The van der Waals surface area contributed by atoms with Crippen LogP contribution in [-0.2, 0) is 4.74 Å². The zero-order chi connectivity index (χ0) is 16.7. The van der Waals surface area contributed by atoms with Gasteiger partial charge < -0.3 is 9.64 Å². The summed E-state index contributed by atoms with van der Waals surface area (Å²) < 4.78 is 22.5. The molecule has 5 nitrogen and oxygen atoms in total. The van der Waals surface area contributed by atoms with Gasteiger partial charge in [0.15, 0.2) is 0 Å². The first-order valence-corrected chi connectivity index (χ1v) is 8.22. The molecule has 0 radical (unpaired) electrons. The van der Waals surface area contributed by atoms with Gasteiger partial charge in [-0.15, -0.1) is 0 Å². The Hall–Kier alpha value is -1.11. The van der Waals surface area contributed by atoms with Gasteiger partial charge in [-0.1, -0.05) is 0 Å². The first-order chi connectivity index (χ1) is 10.1. The molecule has 1 fully saturated rings. The van der Waals surface area contributed by atoms with E-state index in [9.17, 15) is 9.18 Å². The molecular weight excluding hydrogens is 353 g/mol. The van der Waals surface area contributed by atoms with Gasteiger partial charge in [-0.3, -0.25) is 4.68 Å². The fourth-order valence-corrected chi connectivity index (χ4v) is 2.89. The van der Waals surface area contributed by atoms with Crippen LogP contribution >= 0.6 is 15.9 Å². The summed E-state index contributed by atoms with van der Waals surface area (Å²) in [6.07, 6.45) is -1.09. The van der Waals surface area contributed by atoms with E-state index in [1.165, 1.54) is 4.90 Å². The van der Waals surface area contributed by atoms with E-state index < -0.39 is 17.9 Å². The van der Waals surface area contributed by atoms with Crippen LogP contribution in [0.3, 0.4) is 0 Å². The average molecular weight is 376 g/mol. The van der Waals surface area contributed by atoms with Crippen LogP contribution < -0.4 is 0 Å². The number of carbonyl (C=O) groups excluding carboxylic acids is 1. The molecule has 1 aliphatic rings. The topological polar surface area (TPSA) is 47.4 Å². The highest BCUT2D eigenvalue weighted by Crippen LogP contribution is 2.30. The predicted molar refractivity (Wildman–Crippen MR) is 85.8 cm³/mol. The molecule has 0 N–H and O–H groups in total. The maximum Gasteiger partial charge on any atom is 0.410 e. The molecule has 0 unspecified atom stereocenters. The van der Waals surface area contributed by atoms with Crippen molar-refractivity contribution in [3.8, 4) is 0 Å². The van der Waals surface area contributed by atoms with Crippen molar-refractivity contribution in [2.75, 3.05) is 13.1 Å². The molecule has 22 heavy (non-hydrogen) atoms. The smallest absolute Gasteiger partial charge is 0.410 e. The molecular formula is C15H23BrFN3O2. The van der Waals surface area contributed by atoms with Crippen molar-refractivity contribution in [2.24, 2.45) is 0 Å². The summed E-state index contributed by atoms with van der Waals surface area (Å²) in [7, 11) is 0. The van der Waals surface area contributed by atoms with E-state index in [0.717, 1.165) is 15.9 Å². The van der Waals surface area contributed by atoms with Crippen LogP contribution in [0.4, 0.5) is 9.18 Å². The standard InChI is InChI=1S/C15H23BrFN3O2/c1-9-13(16)10(2)20(18-9)12-6-7-19(8-11(12)17)14(21)22-15(3,4)5/h11-12H,6-8H2,1-5H3/t11-,12+/m0/s1. The molecule has 1 aromatic heterocycles. The highest BCUT2D eigenvalue weighted by Gasteiger charge is 2.36. The Morgan fingerprint density at radius 2 is 2.05 bits per heavy atom. The average Bonchev–Trinajstić information content (AvgIpc) is 2.64. The SMILES string of the molecule is Cc1nn([C@@H]2CCN(C(=O)OC(C)(C)C)C[C@@H]2F)c(C)c1Br. The lowest BCUT2D eigenvalue weighted by molar-refractivity contribution is 0.00558. The predicted octanol–water partition coefficient (Wildman–Crippen LogP) is 3.78. The number of alkyl halides is 1. The number of hydrogen-bond acceptors (Lipinski definition) is 3. The van der Waals surface area contributed by atoms with Crippen molar-refractivity contribution >= 4 is 22.0 Å². The number of amides is 1. The third kappa shape index (κ3) is 3.62. The number of hydrogen-bond donors (Lipinski definition) is 0. The van der Waals surface area contributed by atoms with Crippen LogP contribution in [0.25, 0.3) is 0 Å². The minimum absolute atomic E-state index is 0.0372. The van der Waals surface area contributed by atoms with Crippen molar-refractivity contribution in [3.63, 3.8) is 0 Å². The van der Waals surface area contributed by atoms with Gasteiger partial charge in [0.05, 0.1) is 28.4 Å². The van der Waals surface area contributed by atoms with E-state index in [1.807, 2.05) is 13.8 Å². The summed E-state index contributed by atoms with van der Waals surface area (Å²) in [4.78, 5) is 13.5. The molecule has 2 atom stereocenters. The molecule has 2 heterocycles. The van der Waals surface area contributed by atoms with Crippen molar-refractivity contribution < 1.29 is 13.9 Å². The minimum Gasteiger partial charge on any atom is -0.444 e. The third-order valence-electron chi connectivity index (χ3n) is 3.71. The van der Waals surface area contributed by atoms with Crippen LogP contribution in [0.1, 0.15) is 44.6 Å². The van der Waals surface area contributed by atoms with Gasteiger partial charge >= 0.3 is 6.09 Å². The number of likely N-dealkylation sites (tertiary alicyclic amines) is 1. The van der Waals surface area contributed by atoms with E-state index >= 15 is 0 Å². The van der Waals surface area contributed by atoms with Gasteiger partial charge in [0.1, 0.15) is 11.8 Å². The molecule has 1 amide bonds. The zero-order valence-electron chi connectivity index (χ0n) is 13.7. The number of piperidine rings is 1. The molecule has 1 aromatic rings. The summed E-state index contributed by atoms with van der Waals surface area (Å²) in [6, 6.07) is -0.344. The fraction of sp³-hybridized carbons (Fsp3) is 0.733. The van der Waals surface area contributed by atoms with Gasteiger partial charge in [-0.2, -0.15) is 5.10 Å². The Balaban J connectivity index is 2.07. The second kappa shape index (κ2) is 6.18. The van der Waals surface area contributed by atoms with Crippen molar-refractivity contribution in [1.82, 2.24) is 14.7 Å². The number of rotatable bonds is 1. The number of carbonyl (C=O) groups is 1. The van der Waals surface area contributed by atoms with Crippen LogP contribution in [-0.4, -0.2) is 45.6 Å². The lowest BCUT2D eigenvalue weighted by Crippen LogP contribution is -2.47. The molecule has 1 saturated heterocycles. The van der Waals surface area contributed by atoms with Crippen molar-refractivity contribution in [1.29, 1.82) is 0 Å². The number of nitrogens with zero attached hydrogens (tertiary/aromatic N) is 3. The van der Waals surface area contributed by atoms with Crippen molar-refractivity contribution in [3.05, 3.63) is 15.9 Å². The molecule has 2 rings (SSSR count). The summed E-state index contributed by atoms with van der Waals surface area (Å²) >= 11 is 3.46. The fourth-order valence-electron chi connectivity index (χ4n) is 2.63. The Kier molecular flexibility index (Phi) is 4.84. The maximum atomic E-state index is 14.6. The van der Waals surface area contributed by atoms with Gasteiger partial charge in [0, 0.05) is 6.54 Å². The Morgan fingerprint density at radius 3 is 2.50 bits per heavy atom. The lowest BCUT2D eigenvalue weighted by atomic mass is 10.0. The summed E-state index contributed by atoms with van der Waals surface area (Å²) in [5.74, 6) is 0. The highest BCUT2D eigenvalue weighted by molar-refractivity contribution is 9.10. The largest absolute Gasteiger partial charge is 0.444 e. The molecule has 0 bridgehead atoms. The first-order valence-electron chi connectivity index (χ1n) is 7.43. The number of ether oxygens (including phenoxy) is 1. The van der Waals surface area contributed by atoms with Gasteiger partial charge in [0.25, 0.3) is 0 Å². The van der Waals surface area contributed by atoms with E-state index in [1.54, 1.807) is 25.5 Å². The van der Waals surface area contributed by atoms with Gasteiger partial charge in [-0.05, 0) is 57.0 Å². The number of aromatic nitrogens is 2. The molecule has 124 valence electrons. The second-order valence-corrected chi connectivity index (χ2v) is 7.52. The second-order valence-electron chi connectivity index (χ2n) is 6.73. The van der Waals surface area contributed by atoms with E-state index in [4.69, 9.17) is 4.74 Å². The summed E-state index contributed by atoms with van der Waals surface area (Å²) in [5, 5.41) is 4.41. The lowest BCUT2D eigenvalue weighted by Gasteiger charge is -2.36. The highest BCUT2D eigenvalue weighted by atomic mass is 79.9. The van der Waals surface area contributed by atoms with E-state index in [2.05, 4.69) is 21.0 Å². The van der Waals surface area contributed by atoms with E-state index in [-0.39, 0.29) is 12.6 Å². The quantitative estimate of drug-likeness (QED) is 0.750. The molecule has 0 aromatic carbocycles. The summed E-state index contributed by atoms with van der Waals surface area (Å²) in [5.41, 5.74) is 1.19. The number of halogens is 2. The number of aryl methyl sites for hydroxylation is 1. The molecule has 0 saturated carbocycles. The van der Waals surface area contributed by atoms with Crippen LogP contribution in [0.2, 0.25) is 0 Å². The molecule has 1 aliphatic heterocycles. The zero-order valence-corrected chi connectivity index (χ0v) is 15.3. The molecule has 0 aliphatic carbocycles. The van der Waals surface area contributed by atoms with Crippen LogP contribution in [0.5, 0.6) is 0 Å². The monoisotopic (exact) mass is 375 g/mol. The molecule has 0 spiro atoms. The maximum absolute atomic E-state index is 14.6. The third-order valence-corrected chi connectivity index (χ3v) is 4.86. The van der Waals surface area contributed by atoms with Crippen molar-refractivity contribution in [2.45, 2.75) is 58.9 Å². The van der Waals surface area contributed by atoms with Gasteiger partial charge in [0.2, 0.25) is 0 Å². The Labute approximate surface area is 138 Å². The van der Waals surface area contributed by atoms with Crippen LogP contribution in [0, 0.1) is 13.8 Å². The first kappa shape index (κ1) is 17.2. The minimum atomic E-state index is -1.16. The van der Waals surface area contributed by atoms with Gasteiger partial charge in [-0.25, -0.2) is 9.18 Å².